The Morgan fingerprint density at radius 2 is 1.64 bits per heavy atom. The van der Waals surface area contributed by atoms with Crippen molar-refractivity contribution in [3.8, 4) is 0 Å². The zero-order chi connectivity index (χ0) is 17.1. The number of carbonyl (C=O) groups is 1. The first-order valence-electron chi connectivity index (χ1n) is 6.70. The minimum Gasteiger partial charge on any atom is -0.466 e. The number of esters is 1. The molecule has 124 valence electrons. The molecule has 0 aliphatic heterocycles. The SMILES string of the molecule is CCOC(=O)C(c1ccc(C(C)(F)F)cc1)[C@@H](C)C(F)(F)F. The number of hydrogen-bond donors (Lipinski definition) is 0. The third-order valence-corrected chi connectivity index (χ3v) is 3.33. The lowest BCUT2D eigenvalue weighted by atomic mass is 9.86. The number of carbonyl (C=O) groups excluding carboxylic acids is 1. The predicted molar refractivity (Wildman–Crippen MR) is 70.6 cm³/mol. The third kappa shape index (κ3) is 4.42. The fourth-order valence-electron chi connectivity index (χ4n) is 2.03. The summed E-state index contributed by atoms with van der Waals surface area (Å²) in [6.45, 7) is 2.96. The fourth-order valence-corrected chi connectivity index (χ4v) is 2.03. The molecule has 0 aromatic heterocycles. The molecule has 0 saturated carbocycles. The molecule has 2 nitrogen and oxygen atoms in total. The van der Waals surface area contributed by atoms with Crippen LogP contribution in [0, 0.1) is 5.92 Å². The minimum atomic E-state index is -4.61. The first kappa shape index (κ1) is 18.4. The zero-order valence-corrected chi connectivity index (χ0v) is 12.4. The molecule has 1 aromatic rings. The quantitative estimate of drug-likeness (QED) is 0.582. The maximum atomic E-state index is 13.1. The minimum absolute atomic E-state index is 0.00345. The van der Waals surface area contributed by atoms with Crippen LogP contribution in [0.15, 0.2) is 24.3 Å². The molecular formula is C15H17F5O2. The highest BCUT2D eigenvalue weighted by Crippen LogP contribution is 2.39. The Morgan fingerprint density at radius 3 is 2.00 bits per heavy atom. The molecule has 0 N–H and O–H groups in total. The predicted octanol–water partition coefficient (Wildman–Crippen LogP) is 4.64. The molecule has 0 spiro atoms. The van der Waals surface area contributed by atoms with E-state index in [1.54, 1.807) is 0 Å². The van der Waals surface area contributed by atoms with E-state index in [0.29, 0.717) is 6.92 Å². The highest BCUT2D eigenvalue weighted by atomic mass is 19.4. The Balaban J connectivity index is 3.19. The van der Waals surface area contributed by atoms with Crippen LogP contribution in [0.1, 0.15) is 37.8 Å². The largest absolute Gasteiger partial charge is 0.466 e. The molecule has 0 radical (unpaired) electrons. The van der Waals surface area contributed by atoms with Crippen LogP contribution < -0.4 is 0 Å². The Morgan fingerprint density at radius 1 is 1.14 bits per heavy atom. The van der Waals surface area contributed by atoms with Crippen LogP contribution in [0.3, 0.4) is 0 Å². The topological polar surface area (TPSA) is 26.3 Å². The molecule has 1 rings (SSSR count). The summed E-state index contributed by atoms with van der Waals surface area (Å²) >= 11 is 0. The average Bonchev–Trinajstić information content (AvgIpc) is 2.37. The van der Waals surface area contributed by atoms with Crippen LogP contribution in [0.5, 0.6) is 0 Å². The number of halogens is 5. The first-order chi connectivity index (χ1) is 9.98. The van der Waals surface area contributed by atoms with E-state index < -0.39 is 29.9 Å². The van der Waals surface area contributed by atoms with Crippen molar-refractivity contribution in [3.63, 3.8) is 0 Å². The van der Waals surface area contributed by atoms with Crippen LogP contribution in [0.2, 0.25) is 0 Å². The van der Waals surface area contributed by atoms with Crippen molar-refractivity contribution in [1.29, 1.82) is 0 Å². The van der Waals surface area contributed by atoms with Gasteiger partial charge in [-0.2, -0.15) is 13.2 Å². The lowest BCUT2D eigenvalue weighted by molar-refractivity contribution is -0.185. The molecule has 0 saturated heterocycles. The first-order valence-corrected chi connectivity index (χ1v) is 6.70. The van der Waals surface area contributed by atoms with Crippen LogP contribution in [-0.2, 0) is 15.5 Å². The van der Waals surface area contributed by atoms with E-state index in [1.807, 2.05) is 0 Å². The molecular weight excluding hydrogens is 307 g/mol. The van der Waals surface area contributed by atoms with Gasteiger partial charge < -0.3 is 4.74 Å². The Bertz CT molecular complexity index is 502. The number of hydrogen-bond acceptors (Lipinski definition) is 2. The van der Waals surface area contributed by atoms with Crippen LogP contribution in [0.25, 0.3) is 0 Å². The van der Waals surface area contributed by atoms with Crippen molar-refractivity contribution >= 4 is 5.97 Å². The zero-order valence-electron chi connectivity index (χ0n) is 12.4. The summed E-state index contributed by atoms with van der Waals surface area (Å²) in [6.07, 6.45) is -4.61. The van der Waals surface area contributed by atoms with E-state index in [2.05, 4.69) is 4.74 Å². The van der Waals surface area contributed by atoms with Gasteiger partial charge >= 0.3 is 12.1 Å². The Labute approximate surface area is 125 Å². The van der Waals surface area contributed by atoms with Gasteiger partial charge in [-0.1, -0.05) is 31.2 Å². The Kier molecular flexibility index (Phi) is 5.54. The second-order valence-corrected chi connectivity index (χ2v) is 5.07. The van der Waals surface area contributed by atoms with Crippen molar-refractivity contribution in [2.45, 2.75) is 38.8 Å². The van der Waals surface area contributed by atoms with Gasteiger partial charge in [-0.25, -0.2) is 8.78 Å². The molecule has 7 heteroatoms. The van der Waals surface area contributed by atoms with Gasteiger partial charge in [0.15, 0.2) is 0 Å². The number of ether oxygens (including phenoxy) is 1. The normalized spacial score (nSPS) is 15.3. The van der Waals surface area contributed by atoms with Crippen molar-refractivity contribution in [1.82, 2.24) is 0 Å². The average molecular weight is 324 g/mol. The summed E-state index contributed by atoms with van der Waals surface area (Å²) in [7, 11) is 0. The second kappa shape index (κ2) is 6.62. The van der Waals surface area contributed by atoms with Gasteiger partial charge in [0.25, 0.3) is 5.92 Å². The molecule has 0 aliphatic rings. The highest BCUT2D eigenvalue weighted by Gasteiger charge is 2.45. The van der Waals surface area contributed by atoms with Gasteiger partial charge in [-0.3, -0.25) is 4.79 Å². The standard InChI is InChI=1S/C15H17F5O2/c1-4-22-13(21)12(9(2)15(18,19)20)10-5-7-11(8-6-10)14(3,16)17/h5-9,12H,4H2,1-3H3/t9-,12?/m1/s1. The Hall–Kier alpha value is -1.66. The van der Waals surface area contributed by atoms with Gasteiger partial charge in [-0.05, 0) is 12.5 Å². The second-order valence-electron chi connectivity index (χ2n) is 5.07. The maximum Gasteiger partial charge on any atom is 0.392 e. The monoisotopic (exact) mass is 324 g/mol. The molecule has 0 bridgehead atoms. The highest BCUT2D eigenvalue weighted by molar-refractivity contribution is 5.78. The van der Waals surface area contributed by atoms with E-state index in [0.717, 1.165) is 31.2 Å². The lowest BCUT2D eigenvalue weighted by Crippen LogP contribution is -2.32. The van der Waals surface area contributed by atoms with Crippen LogP contribution >= 0.6 is 0 Å². The van der Waals surface area contributed by atoms with Crippen LogP contribution in [-0.4, -0.2) is 18.8 Å². The van der Waals surface area contributed by atoms with Crippen molar-refractivity contribution in [2.75, 3.05) is 6.61 Å². The van der Waals surface area contributed by atoms with Crippen molar-refractivity contribution < 1.29 is 31.5 Å². The molecule has 1 aromatic carbocycles. The van der Waals surface area contributed by atoms with E-state index >= 15 is 0 Å². The third-order valence-electron chi connectivity index (χ3n) is 3.33. The molecule has 1 unspecified atom stereocenters. The summed E-state index contributed by atoms with van der Waals surface area (Å²) in [5.74, 6) is -7.70. The lowest BCUT2D eigenvalue weighted by Gasteiger charge is -2.25. The summed E-state index contributed by atoms with van der Waals surface area (Å²) in [4.78, 5) is 11.8. The summed E-state index contributed by atoms with van der Waals surface area (Å²) < 4.78 is 69.7. The van der Waals surface area contributed by atoms with Crippen molar-refractivity contribution in [2.24, 2.45) is 5.92 Å². The van der Waals surface area contributed by atoms with E-state index in [-0.39, 0.29) is 17.7 Å². The smallest absolute Gasteiger partial charge is 0.392 e. The maximum absolute atomic E-state index is 13.1. The molecule has 0 heterocycles. The van der Waals surface area contributed by atoms with Gasteiger partial charge in [0.2, 0.25) is 0 Å². The van der Waals surface area contributed by atoms with Gasteiger partial charge in [0.1, 0.15) is 0 Å². The summed E-state index contributed by atoms with van der Waals surface area (Å²) in [6, 6.07) is 4.25. The number of rotatable bonds is 5. The molecule has 0 fully saturated rings. The van der Waals surface area contributed by atoms with Crippen LogP contribution in [0.4, 0.5) is 22.0 Å². The number of benzene rings is 1. The number of alkyl halides is 5. The molecule has 22 heavy (non-hydrogen) atoms. The summed E-state index contributed by atoms with van der Waals surface area (Å²) in [5.41, 5.74) is -0.338. The van der Waals surface area contributed by atoms with Gasteiger partial charge in [-0.15, -0.1) is 0 Å². The van der Waals surface area contributed by atoms with Crippen molar-refractivity contribution in [3.05, 3.63) is 35.4 Å². The fraction of sp³-hybridized carbons (Fsp3) is 0.533. The molecule has 2 atom stereocenters. The van der Waals surface area contributed by atoms with E-state index in [4.69, 9.17) is 0 Å². The summed E-state index contributed by atoms with van der Waals surface area (Å²) in [5, 5.41) is 0. The molecule has 0 aliphatic carbocycles. The van der Waals surface area contributed by atoms with Gasteiger partial charge in [0, 0.05) is 12.5 Å². The molecule has 0 amide bonds. The van der Waals surface area contributed by atoms with Gasteiger partial charge in [0.05, 0.1) is 18.4 Å². The van der Waals surface area contributed by atoms with E-state index in [9.17, 15) is 26.7 Å². The van der Waals surface area contributed by atoms with E-state index in [1.165, 1.54) is 6.92 Å².